The Bertz CT molecular complexity index is 529. The Morgan fingerprint density at radius 3 is 2.28 bits per heavy atom. The van der Waals surface area contributed by atoms with E-state index in [4.69, 9.17) is 5.73 Å². The molecule has 0 spiro atoms. The average Bonchev–Trinajstić information content (AvgIpc) is 2.77. The van der Waals surface area contributed by atoms with E-state index in [1.54, 1.807) is 0 Å². The van der Waals surface area contributed by atoms with Gasteiger partial charge in [0.1, 0.15) is 5.75 Å². The quantitative estimate of drug-likeness (QED) is 0.389. The number of hydrogen-bond donors (Lipinski definition) is 2. The molecule has 0 saturated carbocycles. The lowest BCUT2D eigenvalue weighted by atomic mass is 10.2. The molecule has 1 aliphatic rings. The van der Waals surface area contributed by atoms with Crippen LogP contribution >= 0.6 is 24.0 Å². The predicted molar refractivity (Wildman–Crippen MR) is 104 cm³/mol. The minimum absolute atomic E-state index is 0. The highest BCUT2D eigenvalue weighted by atomic mass is 127. The summed E-state index contributed by atoms with van der Waals surface area (Å²) in [5.74, 6) is -0.0287. The summed E-state index contributed by atoms with van der Waals surface area (Å²) in [6, 6.07) is 5.36. The first-order valence-electron chi connectivity index (χ1n) is 8.07. The van der Waals surface area contributed by atoms with E-state index in [0.717, 1.165) is 19.6 Å². The number of nitrogens with zero attached hydrogens (tertiary/aromatic N) is 2. The molecule has 1 aliphatic heterocycles. The first-order valence-corrected chi connectivity index (χ1v) is 8.07. The van der Waals surface area contributed by atoms with Crippen molar-refractivity contribution in [2.45, 2.75) is 32.0 Å². The monoisotopic (exact) mass is 472 g/mol. The van der Waals surface area contributed by atoms with Gasteiger partial charge in [-0.15, -0.1) is 37.1 Å². The van der Waals surface area contributed by atoms with Crippen molar-refractivity contribution < 1.29 is 17.9 Å². The van der Waals surface area contributed by atoms with E-state index in [2.05, 4.69) is 19.9 Å². The number of likely N-dealkylation sites (tertiary alicyclic amines) is 1. The highest BCUT2D eigenvalue weighted by molar-refractivity contribution is 14.0. The van der Waals surface area contributed by atoms with Gasteiger partial charge >= 0.3 is 6.36 Å². The Hall–Kier alpha value is -1.23. The van der Waals surface area contributed by atoms with Gasteiger partial charge in [0.05, 0.1) is 6.54 Å². The first-order chi connectivity index (χ1) is 11.4. The number of guanidine groups is 1. The van der Waals surface area contributed by atoms with Crippen LogP contribution < -0.4 is 15.8 Å². The van der Waals surface area contributed by atoms with Crippen molar-refractivity contribution in [2.75, 3.05) is 31.5 Å². The van der Waals surface area contributed by atoms with Gasteiger partial charge < -0.3 is 20.7 Å². The van der Waals surface area contributed by atoms with Gasteiger partial charge in [-0.2, -0.15) is 0 Å². The first kappa shape index (κ1) is 21.8. The second-order valence-corrected chi connectivity index (χ2v) is 5.72. The number of hydrogen-bond acceptors (Lipinski definition) is 3. The highest BCUT2D eigenvalue weighted by Gasteiger charge is 2.30. The van der Waals surface area contributed by atoms with Crippen LogP contribution in [0.5, 0.6) is 5.75 Å². The average molecular weight is 472 g/mol. The minimum Gasteiger partial charge on any atom is -0.406 e. The molecular weight excluding hydrogens is 448 g/mol. The fourth-order valence-electron chi connectivity index (χ4n) is 2.60. The van der Waals surface area contributed by atoms with Crippen LogP contribution in [0.2, 0.25) is 0 Å². The summed E-state index contributed by atoms with van der Waals surface area (Å²) in [6.07, 6.45) is 0.339. The molecule has 1 aromatic carbocycles. The van der Waals surface area contributed by atoms with Crippen molar-refractivity contribution in [3.63, 3.8) is 0 Å². The maximum atomic E-state index is 12.1. The number of alkyl halides is 3. The zero-order chi connectivity index (χ0) is 17.4. The smallest absolute Gasteiger partial charge is 0.406 e. The van der Waals surface area contributed by atoms with Crippen LogP contribution in [0.1, 0.15) is 25.7 Å². The van der Waals surface area contributed by atoms with Gasteiger partial charge in [-0.3, -0.25) is 4.99 Å². The minimum atomic E-state index is -4.69. The van der Waals surface area contributed by atoms with E-state index in [1.807, 2.05) is 0 Å². The number of benzene rings is 1. The topological polar surface area (TPSA) is 62.9 Å². The summed E-state index contributed by atoms with van der Waals surface area (Å²) < 4.78 is 40.1. The van der Waals surface area contributed by atoms with E-state index < -0.39 is 6.36 Å². The third-order valence-corrected chi connectivity index (χ3v) is 3.76. The molecular formula is C16H24F3IN4O. The Balaban J connectivity index is 0.00000312. The Labute approximate surface area is 162 Å². The number of ether oxygens (including phenoxy) is 1. The number of rotatable bonds is 5. The van der Waals surface area contributed by atoms with Crippen molar-refractivity contribution >= 4 is 35.6 Å². The lowest BCUT2D eigenvalue weighted by Gasteiger charge is -2.18. The summed E-state index contributed by atoms with van der Waals surface area (Å²) >= 11 is 0. The molecule has 0 radical (unpaired) electrons. The zero-order valence-corrected chi connectivity index (χ0v) is 16.2. The molecule has 0 bridgehead atoms. The molecule has 0 aromatic heterocycles. The fraction of sp³-hybridized carbons (Fsp3) is 0.562. The molecule has 0 amide bonds. The number of nitrogens with two attached hydrogens (primary N) is 1. The molecule has 1 aromatic rings. The molecule has 2 rings (SSSR count). The van der Waals surface area contributed by atoms with Gasteiger partial charge in [-0.1, -0.05) is 12.8 Å². The summed E-state index contributed by atoms with van der Waals surface area (Å²) in [6.45, 7) is 3.65. The summed E-state index contributed by atoms with van der Waals surface area (Å²) in [5.41, 5.74) is 6.36. The molecule has 0 unspecified atom stereocenters. The largest absolute Gasteiger partial charge is 0.573 e. The van der Waals surface area contributed by atoms with Gasteiger partial charge in [0.15, 0.2) is 5.96 Å². The van der Waals surface area contributed by atoms with Gasteiger partial charge in [-0.05, 0) is 50.2 Å². The van der Waals surface area contributed by atoms with Crippen LogP contribution in [0.3, 0.4) is 0 Å². The molecule has 0 atom stereocenters. The summed E-state index contributed by atoms with van der Waals surface area (Å²) in [5, 5.41) is 2.85. The van der Waals surface area contributed by atoms with Crippen LogP contribution in [-0.2, 0) is 0 Å². The molecule has 9 heteroatoms. The van der Waals surface area contributed by atoms with E-state index in [-0.39, 0.29) is 35.7 Å². The number of aliphatic imine (C=N–C) groups is 1. The molecule has 142 valence electrons. The molecule has 1 saturated heterocycles. The standard InChI is InChI=1S/C16H23F3N4O.HI/c17-16(18,19)24-14-7-5-13(6-8-14)22-15(20)21-9-12-23-10-3-1-2-4-11-23;/h5-8H,1-4,9-12H2,(H3,20,21,22);1H. The van der Waals surface area contributed by atoms with E-state index in [9.17, 15) is 13.2 Å². The molecule has 1 heterocycles. The molecule has 0 aliphatic carbocycles. The molecule has 5 nitrogen and oxygen atoms in total. The predicted octanol–water partition coefficient (Wildman–Crippen LogP) is 3.81. The lowest BCUT2D eigenvalue weighted by molar-refractivity contribution is -0.274. The van der Waals surface area contributed by atoms with Gasteiger partial charge in [-0.25, -0.2) is 0 Å². The third kappa shape index (κ3) is 9.15. The SMILES string of the molecule is I.NC(=NCCN1CCCCCC1)Nc1ccc(OC(F)(F)F)cc1. The van der Waals surface area contributed by atoms with E-state index in [1.165, 1.54) is 49.9 Å². The third-order valence-electron chi connectivity index (χ3n) is 3.76. The molecule has 1 fully saturated rings. The van der Waals surface area contributed by atoms with Crippen molar-refractivity contribution in [2.24, 2.45) is 10.7 Å². The van der Waals surface area contributed by atoms with Crippen molar-refractivity contribution in [1.82, 2.24) is 4.90 Å². The Morgan fingerprint density at radius 2 is 1.72 bits per heavy atom. The number of anilines is 1. The van der Waals surface area contributed by atoms with Crippen molar-refractivity contribution in [3.05, 3.63) is 24.3 Å². The van der Waals surface area contributed by atoms with Crippen LogP contribution in [0.25, 0.3) is 0 Å². The number of nitrogens with one attached hydrogen (secondary N) is 1. The highest BCUT2D eigenvalue weighted by Crippen LogP contribution is 2.23. The molecule has 25 heavy (non-hydrogen) atoms. The van der Waals surface area contributed by atoms with Crippen molar-refractivity contribution in [1.29, 1.82) is 0 Å². The fourth-order valence-corrected chi connectivity index (χ4v) is 2.60. The molecule has 3 N–H and O–H groups in total. The van der Waals surface area contributed by atoms with Crippen LogP contribution in [0.15, 0.2) is 29.3 Å². The summed E-state index contributed by atoms with van der Waals surface area (Å²) in [4.78, 5) is 6.64. The second kappa shape index (κ2) is 10.7. The summed E-state index contributed by atoms with van der Waals surface area (Å²) in [7, 11) is 0. The second-order valence-electron chi connectivity index (χ2n) is 5.72. The maximum Gasteiger partial charge on any atom is 0.573 e. The maximum absolute atomic E-state index is 12.1. The van der Waals surface area contributed by atoms with Crippen LogP contribution in [0.4, 0.5) is 18.9 Å². The van der Waals surface area contributed by atoms with Gasteiger partial charge in [0.25, 0.3) is 0 Å². The van der Waals surface area contributed by atoms with E-state index in [0.29, 0.717) is 12.2 Å². The zero-order valence-electron chi connectivity index (χ0n) is 13.9. The lowest BCUT2D eigenvalue weighted by Crippen LogP contribution is -2.29. The Morgan fingerprint density at radius 1 is 1.12 bits per heavy atom. The number of halogens is 4. The van der Waals surface area contributed by atoms with Crippen LogP contribution in [-0.4, -0.2) is 43.4 Å². The normalized spacial score (nSPS) is 16.7. The van der Waals surface area contributed by atoms with E-state index >= 15 is 0 Å². The van der Waals surface area contributed by atoms with Crippen molar-refractivity contribution in [3.8, 4) is 5.75 Å². The van der Waals surface area contributed by atoms with Gasteiger partial charge in [0, 0.05) is 12.2 Å². The van der Waals surface area contributed by atoms with Gasteiger partial charge in [0.2, 0.25) is 0 Å². The Kier molecular flexibility index (Phi) is 9.33. The van der Waals surface area contributed by atoms with Crippen LogP contribution in [0, 0.1) is 0 Å².